The lowest BCUT2D eigenvalue weighted by molar-refractivity contribution is 0.237. The largest absolute Gasteiger partial charge is 0.334 e. The normalized spacial score (nSPS) is 11.7. The molecule has 20 heavy (non-hydrogen) atoms. The van der Waals surface area contributed by atoms with Crippen LogP contribution >= 0.6 is 11.6 Å². The molecular formula is C16H17ClN2O. The van der Waals surface area contributed by atoms with Crippen molar-refractivity contribution in [3.8, 4) is 0 Å². The molecule has 0 saturated carbocycles. The summed E-state index contributed by atoms with van der Waals surface area (Å²) in [6.45, 7) is 2.41. The molecule has 0 heterocycles. The van der Waals surface area contributed by atoms with E-state index in [2.05, 4.69) is 10.6 Å². The van der Waals surface area contributed by atoms with Gasteiger partial charge in [-0.1, -0.05) is 60.1 Å². The number of benzene rings is 2. The average Bonchev–Trinajstić information content (AvgIpc) is 2.46. The summed E-state index contributed by atoms with van der Waals surface area (Å²) in [6.07, 6.45) is 0. The molecule has 0 fully saturated rings. The number of urea groups is 1. The van der Waals surface area contributed by atoms with Crippen LogP contribution in [-0.2, 0) is 6.54 Å². The van der Waals surface area contributed by atoms with Gasteiger partial charge in [0.25, 0.3) is 0 Å². The Balaban J connectivity index is 1.87. The topological polar surface area (TPSA) is 41.1 Å². The first-order chi connectivity index (χ1) is 9.66. The number of hydrogen-bond donors (Lipinski definition) is 2. The quantitative estimate of drug-likeness (QED) is 0.880. The number of halogens is 1. The highest BCUT2D eigenvalue weighted by Gasteiger charge is 2.11. The molecule has 104 valence electrons. The van der Waals surface area contributed by atoms with Crippen LogP contribution in [0, 0.1) is 0 Å². The lowest BCUT2D eigenvalue weighted by Crippen LogP contribution is -2.36. The van der Waals surface area contributed by atoms with Crippen molar-refractivity contribution in [3.05, 3.63) is 70.7 Å². The van der Waals surface area contributed by atoms with E-state index in [1.807, 2.05) is 61.5 Å². The Morgan fingerprint density at radius 1 is 1.10 bits per heavy atom. The number of carbonyl (C=O) groups is 1. The fraction of sp³-hybridized carbons (Fsp3) is 0.188. The van der Waals surface area contributed by atoms with Gasteiger partial charge in [-0.15, -0.1) is 0 Å². The van der Waals surface area contributed by atoms with E-state index in [0.29, 0.717) is 11.6 Å². The average molecular weight is 289 g/mol. The molecule has 0 aliphatic heterocycles. The van der Waals surface area contributed by atoms with Crippen molar-refractivity contribution < 1.29 is 4.79 Å². The van der Waals surface area contributed by atoms with Gasteiger partial charge in [-0.25, -0.2) is 4.79 Å². The van der Waals surface area contributed by atoms with Gasteiger partial charge in [-0.05, 0) is 24.1 Å². The predicted octanol–water partition coefficient (Wildman–Crippen LogP) is 3.90. The molecule has 0 saturated heterocycles. The lowest BCUT2D eigenvalue weighted by atomic mass is 10.1. The fourth-order valence-electron chi connectivity index (χ4n) is 1.93. The van der Waals surface area contributed by atoms with Gasteiger partial charge in [-0.3, -0.25) is 0 Å². The standard InChI is InChI=1S/C16H17ClN2O/c1-12(14-9-5-6-10-15(14)17)19-16(20)18-11-13-7-3-2-4-8-13/h2-10,12H,11H2,1H3,(H2,18,19,20)/t12-/m1/s1. The number of nitrogens with one attached hydrogen (secondary N) is 2. The maximum atomic E-state index is 11.8. The summed E-state index contributed by atoms with van der Waals surface area (Å²) in [7, 11) is 0. The second-order valence-corrected chi connectivity index (χ2v) is 4.96. The van der Waals surface area contributed by atoms with E-state index >= 15 is 0 Å². The molecule has 2 amide bonds. The van der Waals surface area contributed by atoms with Crippen molar-refractivity contribution in [2.75, 3.05) is 0 Å². The molecule has 0 spiro atoms. The molecule has 0 bridgehead atoms. The minimum absolute atomic E-state index is 0.139. The van der Waals surface area contributed by atoms with Crippen molar-refractivity contribution in [2.24, 2.45) is 0 Å². The van der Waals surface area contributed by atoms with Crippen LogP contribution in [0.2, 0.25) is 5.02 Å². The van der Waals surface area contributed by atoms with Gasteiger partial charge in [0.1, 0.15) is 0 Å². The molecule has 2 aromatic carbocycles. The van der Waals surface area contributed by atoms with Crippen LogP contribution in [0.4, 0.5) is 4.79 Å². The number of rotatable bonds is 4. The zero-order valence-electron chi connectivity index (χ0n) is 11.3. The Hall–Kier alpha value is -2.00. The molecule has 1 atom stereocenters. The van der Waals surface area contributed by atoms with Crippen molar-refractivity contribution in [1.82, 2.24) is 10.6 Å². The van der Waals surface area contributed by atoms with Crippen molar-refractivity contribution in [2.45, 2.75) is 19.5 Å². The Labute approximate surface area is 124 Å². The first kappa shape index (κ1) is 14.4. The molecule has 0 aliphatic rings. The van der Waals surface area contributed by atoms with Crippen LogP contribution in [0.15, 0.2) is 54.6 Å². The lowest BCUT2D eigenvalue weighted by Gasteiger charge is -2.16. The second-order valence-electron chi connectivity index (χ2n) is 4.56. The summed E-state index contributed by atoms with van der Waals surface area (Å²) in [6, 6.07) is 16.9. The molecule has 2 aromatic rings. The van der Waals surface area contributed by atoms with Gasteiger partial charge in [0.15, 0.2) is 0 Å². The van der Waals surface area contributed by atoms with E-state index in [1.165, 1.54) is 0 Å². The molecule has 2 rings (SSSR count). The zero-order chi connectivity index (χ0) is 14.4. The molecule has 0 unspecified atom stereocenters. The van der Waals surface area contributed by atoms with Gasteiger partial charge < -0.3 is 10.6 Å². The summed E-state index contributed by atoms with van der Waals surface area (Å²) in [4.78, 5) is 11.8. The van der Waals surface area contributed by atoms with Crippen molar-refractivity contribution >= 4 is 17.6 Å². The highest BCUT2D eigenvalue weighted by Crippen LogP contribution is 2.21. The first-order valence-corrected chi connectivity index (χ1v) is 6.87. The van der Waals surface area contributed by atoms with E-state index < -0.39 is 0 Å². The van der Waals surface area contributed by atoms with Crippen molar-refractivity contribution in [1.29, 1.82) is 0 Å². The third-order valence-corrected chi connectivity index (χ3v) is 3.36. The Morgan fingerprint density at radius 2 is 1.75 bits per heavy atom. The summed E-state index contributed by atoms with van der Waals surface area (Å²) in [5, 5.41) is 6.35. The SMILES string of the molecule is C[C@@H](NC(=O)NCc1ccccc1)c1ccccc1Cl. The Bertz CT molecular complexity index is 572. The van der Waals surface area contributed by atoms with E-state index in [-0.39, 0.29) is 12.1 Å². The zero-order valence-corrected chi connectivity index (χ0v) is 12.0. The minimum atomic E-state index is -0.207. The van der Waals surface area contributed by atoms with E-state index in [0.717, 1.165) is 11.1 Å². The summed E-state index contributed by atoms with van der Waals surface area (Å²) >= 11 is 6.10. The third kappa shape index (κ3) is 4.00. The Kier molecular flexibility index (Phi) is 5.02. The predicted molar refractivity (Wildman–Crippen MR) is 81.7 cm³/mol. The van der Waals surface area contributed by atoms with Crippen molar-refractivity contribution in [3.63, 3.8) is 0 Å². The highest BCUT2D eigenvalue weighted by molar-refractivity contribution is 6.31. The molecular weight excluding hydrogens is 272 g/mol. The van der Waals surface area contributed by atoms with Gasteiger partial charge in [0.05, 0.1) is 6.04 Å². The van der Waals surface area contributed by atoms with Crippen LogP contribution in [0.5, 0.6) is 0 Å². The maximum Gasteiger partial charge on any atom is 0.315 e. The smallest absolute Gasteiger partial charge is 0.315 e. The maximum absolute atomic E-state index is 11.8. The molecule has 0 aliphatic carbocycles. The van der Waals surface area contributed by atoms with Gasteiger partial charge >= 0.3 is 6.03 Å². The summed E-state index contributed by atoms with van der Waals surface area (Å²) < 4.78 is 0. The van der Waals surface area contributed by atoms with Crippen LogP contribution in [0.1, 0.15) is 24.1 Å². The van der Waals surface area contributed by atoms with E-state index in [9.17, 15) is 4.79 Å². The van der Waals surface area contributed by atoms with Crippen LogP contribution in [0.3, 0.4) is 0 Å². The monoisotopic (exact) mass is 288 g/mol. The van der Waals surface area contributed by atoms with Gasteiger partial charge in [0, 0.05) is 11.6 Å². The minimum Gasteiger partial charge on any atom is -0.334 e. The number of amides is 2. The van der Waals surface area contributed by atoms with Gasteiger partial charge in [0.2, 0.25) is 0 Å². The van der Waals surface area contributed by atoms with Crippen LogP contribution < -0.4 is 10.6 Å². The molecule has 2 N–H and O–H groups in total. The van der Waals surface area contributed by atoms with Crippen LogP contribution in [-0.4, -0.2) is 6.03 Å². The fourth-order valence-corrected chi connectivity index (χ4v) is 2.23. The molecule has 0 radical (unpaired) electrons. The van der Waals surface area contributed by atoms with Gasteiger partial charge in [-0.2, -0.15) is 0 Å². The van der Waals surface area contributed by atoms with E-state index in [4.69, 9.17) is 11.6 Å². The summed E-state index contributed by atoms with van der Waals surface area (Å²) in [5.74, 6) is 0. The van der Waals surface area contributed by atoms with E-state index in [1.54, 1.807) is 0 Å². The molecule has 3 nitrogen and oxygen atoms in total. The molecule has 0 aromatic heterocycles. The second kappa shape index (κ2) is 6.96. The van der Waals surface area contributed by atoms with Crippen LogP contribution in [0.25, 0.3) is 0 Å². The molecule has 4 heteroatoms. The Morgan fingerprint density at radius 3 is 2.45 bits per heavy atom. The number of hydrogen-bond acceptors (Lipinski definition) is 1. The highest BCUT2D eigenvalue weighted by atomic mass is 35.5. The first-order valence-electron chi connectivity index (χ1n) is 6.49. The number of carbonyl (C=O) groups excluding carboxylic acids is 1. The summed E-state index contributed by atoms with van der Waals surface area (Å²) in [5.41, 5.74) is 1.97. The third-order valence-electron chi connectivity index (χ3n) is 3.02.